The van der Waals surface area contributed by atoms with Gasteiger partial charge in [-0.2, -0.15) is 0 Å². The summed E-state index contributed by atoms with van der Waals surface area (Å²) in [5, 5.41) is 2.93. The third-order valence-electron chi connectivity index (χ3n) is 5.04. The molecule has 0 unspecified atom stereocenters. The lowest BCUT2D eigenvalue weighted by atomic mass is 10.2. The van der Waals surface area contributed by atoms with E-state index in [2.05, 4.69) is 5.32 Å². The molecule has 6 nitrogen and oxygen atoms in total. The van der Waals surface area contributed by atoms with Crippen LogP contribution in [-0.4, -0.2) is 18.9 Å². The fraction of sp³-hybridized carbons (Fsp3) is 0.0833. The second-order valence-corrected chi connectivity index (χ2v) is 9.84. The number of anilines is 1. The maximum absolute atomic E-state index is 13.9. The van der Waals surface area contributed by atoms with Crippen molar-refractivity contribution in [2.75, 3.05) is 5.32 Å². The van der Waals surface area contributed by atoms with E-state index < -0.39 is 31.9 Å². The predicted molar refractivity (Wildman–Crippen MR) is 125 cm³/mol. The van der Waals surface area contributed by atoms with Crippen molar-refractivity contribution in [1.82, 2.24) is 4.57 Å². The zero-order valence-corrected chi connectivity index (χ0v) is 19.0. The molecule has 1 aromatic heterocycles. The first kappa shape index (κ1) is 22.7. The van der Waals surface area contributed by atoms with Gasteiger partial charge < -0.3 is 9.88 Å². The molecule has 0 saturated carbocycles. The van der Waals surface area contributed by atoms with Crippen LogP contribution in [0.3, 0.4) is 0 Å². The molecule has 1 heterocycles. The number of carbonyl (C=O) groups is 1. The first-order chi connectivity index (χ1) is 15.6. The van der Waals surface area contributed by atoms with E-state index in [-0.39, 0.29) is 22.3 Å². The van der Waals surface area contributed by atoms with E-state index >= 15 is 0 Å². The summed E-state index contributed by atoms with van der Waals surface area (Å²) in [4.78, 5) is 25.1. The normalized spacial score (nSPS) is 11.5. The number of sulfone groups is 1. The lowest BCUT2D eigenvalue weighted by Crippen LogP contribution is -2.24. The van der Waals surface area contributed by atoms with Crippen LogP contribution in [0.25, 0.3) is 10.9 Å². The van der Waals surface area contributed by atoms with E-state index in [0.29, 0.717) is 10.7 Å². The molecule has 4 aromatic rings. The van der Waals surface area contributed by atoms with Gasteiger partial charge in [0.15, 0.2) is 0 Å². The summed E-state index contributed by atoms with van der Waals surface area (Å²) >= 11 is 5.85. The summed E-state index contributed by atoms with van der Waals surface area (Å²) < 4.78 is 41.7. The molecule has 0 fully saturated rings. The smallest absolute Gasteiger partial charge is 0.244 e. The Balaban J connectivity index is 1.82. The lowest BCUT2D eigenvalue weighted by molar-refractivity contribution is -0.116. The number of amides is 1. The first-order valence-corrected chi connectivity index (χ1v) is 11.7. The topological polar surface area (TPSA) is 85.2 Å². The fourth-order valence-corrected chi connectivity index (χ4v) is 4.98. The van der Waals surface area contributed by atoms with E-state index in [1.807, 2.05) is 13.0 Å². The summed E-state index contributed by atoms with van der Waals surface area (Å²) in [6.45, 7) is 1.59. The summed E-state index contributed by atoms with van der Waals surface area (Å²) in [6, 6.07) is 16.0. The molecule has 0 aliphatic carbocycles. The molecule has 1 N–H and O–H groups in total. The van der Waals surface area contributed by atoms with Crippen molar-refractivity contribution < 1.29 is 17.6 Å². The first-order valence-electron chi connectivity index (χ1n) is 9.85. The Hall–Kier alpha value is -3.49. The van der Waals surface area contributed by atoms with Crippen LogP contribution in [0.4, 0.5) is 10.1 Å². The maximum Gasteiger partial charge on any atom is 0.244 e. The van der Waals surface area contributed by atoms with Crippen LogP contribution in [0.1, 0.15) is 5.56 Å². The number of rotatable bonds is 5. The summed E-state index contributed by atoms with van der Waals surface area (Å²) in [5.41, 5.74) is 0.907. The van der Waals surface area contributed by atoms with Gasteiger partial charge in [-0.1, -0.05) is 23.7 Å². The molecule has 0 atom stereocenters. The van der Waals surface area contributed by atoms with E-state index in [9.17, 15) is 22.4 Å². The third kappa shape index (κ3) is 4.67. The van der Waals surface area contributed by atoms with Crippen molar-refractivity contribution in [3.05, 3.63) is 99.6 Å². The van der Waals surface area contributed by atoms with E-state index in [1.54, 1.807) is 18.2 Å². The number of carbonyl (C=O) groups excluding carboxylic acids is 1. The van der Waals surface area contributed by atoms with Crippen molar-refractivity contribution in [3.8, 4) is 0 Å². The van der Waals surface area contributed by atoms with E-state index in [4.69, 9.17) is 11.6 Å². The number of nitrogens with zero attached hydrogens (tertiary/aromatic N) is 1. The summed E-state index contributed by atoms with van der Waals surface area (Å²) in [6.07, 6.45) is 1.11. The molecule has 0 bridgehead atoms. The molecule has 33 heavy (non-hydrogen) atoms. The molecule has 0 radical (unpaired) electrons. The number of aromatic nitrogens is 1. The Bertz CT molecular complexity index is 1550. The number of halogens is 2. The van der Waals surface area contributed by atoms with Gasteiger partial charge in [0.05, 0.1) is 10.4 Å². The number of hydrogen-bond acceptors (Lipinski definition) is 4. The highest BCUT2D eigenvalue weighted by Crippen LogP contribution is 2.23. The van der Waals surface area contributed by atoms with Gasteiger partial charge in [0.1, 0.15) is 17.3 Å². The van der Waals surface area contributed by atoms with Crippen molar-refractivity contribution in [2.45, 2.75) is 23.3 Å². The number of pyridine rings is 1. The van der Waals surface area contributed by atoms with Crippen LogP contribution >= 0.6 is 11.6 Å². The average molecular weight is 485 g/mol. The molecule has 0 aliphatic rings. The van der Waals surface area contributed by atoms with E-state index in [0.717, 1.165) is 23.9 Å². The minimum absolute atomic E-state index is 0.143. The largest absolute Gasteiger partial charge is 0.336 e. The van der Waals surface area contributed by atoms with Crippen molar-refractivity contribution in [1.29, 1.82) is 0 Å². The number of nitrogens with one attached hydrogen (secondary N) is 1. The van der Waals surface area contributed by atoms with Gasteiger partial charge in [-0.05, 0) is 67.1 Å². The SMILES string of the molecule is Cc1cccc(NC(=O)Cn2cc(S(=O)(=O)c3ccc(Cl)cc3)c(=O)c3cc(F)ccc32)c1. The Morgan fingerprint density at radius 1 is 1.06 bits per heavy atom. The Kier molecular flexibility index (Phi) is 6.05. The average Bonchev–Trinajstić information content (AvgIpc) is 2.76. The summed E-state index contributed by atoms with van der Waals surface area (Å²) in [7, 11) is -4.26. The second-order valence-electron chi connectivity index (χ2n) is 7.49. The minimum atomic E-state index is -4.26. The van der Waals surface area contributed by atoms with Crippen molar-refractivity contribution in [2.24, 2.45) is 0 Å². The van der Waals surface area contributed by atoms with Crippen LogP contribution in [-0.2, 0) is 21.2 Å². The molecule has 4 rings (SSSR count). The fourth-order valence-electron chi connectivity index (χ4n) is 3.48. The van der Waals surface area contributed by atoms with Gasteiger partial charge in [0, 0.05) is 22.3 Å². The molecule has 3 aromatic carbocycles. The van der Waals surface area contributed by atoms with Gasteiger partial charge >= 0.3 is 0 Å². The quantitative estimate of drug-likeness (QED) is 0.449. The van der Waals surface area contributed by atoms with Crippen LogP contribution in [0.5, 0.6) is 0 Å². The minimum Gasteiger partial charge on any atom is -0.336 e. The third-order valence-corrected chi connectivity index (χ3v) is 7.05. The second kappa shape index (κ2) is 8.80. The standard InChI is InChI=1S/C24H18ClFN2O4S/c1-15-3-2-4-18(11-15)27-23(29)14-28-13-22(24(30)20-12-17(26)7-10-21(20)28)33(31,32)19-8-5-16(25)6-9-19/h2-13H,14H2,1H3,(H,27,29). The lowest BCUT2D eigenvalue weighted by Gasteiger charge is -2.14. The highest BCUT2D eigenvalue weighted by Gasteiger charge is 2.24. The highest BCUT2D eigenvalue weighted by atomic mass is 35.5. The van der Waals surface area contributed by atoms with Crippen molar-refractivity contribution >= 4 is 43.9 Å². The number of fused-ring (bicyclic) bond motifs is 1. The Morgan fingerprint density at radius 3 is 2.48 bits per heavy atom. The Labute approximate surface area is 194 Å². The zero-order valence-electron chi connectivity index (χ0n) is 17.4. The predicted octanol–water partition coefficient (Wildman–Crippen LogP) is 4.57. The molecular weight excluding hydrogens is 467 g/mol. The molecular formula is C24H18ClFN2O4S. The molecule has 0 spiro atoms. The van der Waals surface area contributed by atoms with Crippen LogP contribution < -0.4 is 10.7 Å². The Morgan fingerprint density at radius 2 is 1.79 bits per heavy atom. The van der Waals surface area contributed by atoms with E-state index in [1.165, 1.54) is 34.9 Å². The maximum atomic E-state index is 13.9. The van der Waals surface area contributed by atoms with Gasteiger partial charge in [-0.15, -0.1) is 0 Å². The van der Waals surface area contributed by atoms with Crippen LogP contribution in [0, 0.1) is 12.7 Å². The molecule has 0 aliphatic heterocycles. The van der Waals surface area contributed by atoms with Crippen molar-refractivity contribution in [3.63, 3.8) is 0 Å². The summed E-state index contributed by atoms with van der Waals surface area (Å²) in [5.74, 6) is -1.14. The number of benzene rings is 3. The van der Waals surface area contributed by atoms with Crippen LogP contribution in [0.2, 0.25) is 5.02 Å². The number of aryl methyl sites for hydroxylation is 1. The monoisotopic (exact) mass is 484 g/mol. The van der Waals surface area contributed by atoms with Gasteiger partial charge in [0.2, 0.25) is 21.2 Å². The zero-order chi connectivity index (χ0) is 23.8. The molecule has 0 saturated heterocycles. The van der Waals surface area contributed by atoms with Gasteiger partial charge in [-0.3, -0.25) is 9.59 Å². The number of hydrogen-bond donors (Lipinski definition) is 1. The molecule has 9 heteroatoms. The van der Waals surface area contributed by atoms with Crippen LogP contribution in [0.15, 0.2) is 87.5 Å². The van der Waals surface area contributed by atoms with Gasteiger partial charge in [-0.25, -0.2) is 12.8 Å². The highest BCUT2D eigenvalue weighted by molar-refractivity contribution is 7.91. The molecule has 1 amide bonds. The molecule has 168 valence electrons. The van der Waals surface area contributed by atoms with Gasteiger partial charge in [0.25, 0.3) is 0 Å².